The molecule has 2 rings (SSSR count). The minimum absolute atomic E-state index is 0.0838. The standard InChI is InChI=1S/C17H19ClN2O3/c1-2-22-15-7-9-16(10-8-15)23-12-20-17(21)19-11-13-3-5-14(18)6-4-13/h3-10H,2,11-12H2,1H3,(H2,19,20,21). The summed E-state index contributed by atoms with van der Waals surface area (Å²) in [6.45, 7) is 3.05. The van der Waals surface area contributed by atoms with Gasteiger partial charge in [0.2, 0.25) is 0 Å². The van der Waals surface area contributed by atoms with Crippen molar-refractivity contribution in [1.29, 1.82) is 0 Å². The number of benzene rings is 2. The average molecular weight is 335 g/mol. The molecule has 2 aromatic carbocycles. The zero-order valence-electron chi connectivity index (χ0n) is 12.8. The summed E-state index contributed by atoms with van der Waals surface area (Å²) in [7, 11) is 0. The molecule has 23 heavy (non-hydrogen) atoms. The smallest absolute Gasteiger partial charge is 0.317 e. The van der Waals surface area contributed by atoms with E-state index in [-0.39, 0.29) is 12.8 Å². The molecule has 6 heteroatoms. The van der Waals surface area contributed by atoms with Crippen molar-refractivity contribution in [2.24, 2.45) is 0 Å². The summed E-state index contributed by atoms with van der Waals surface area (Å²) in [5, 5.41) is 6.03. The highest BCUT2D eigenvalue weighted by molar-refractivity contribution is 6.30. The zero-order chi connectivity index (χ0) is 16.5. The van der Waals surface area contributed by atoms with E-state index >= 15 is 0 Å². The molecule has 0 spiro atoms. The molecule has 2 N–H and O–H groups in total. The Hall–Kier alpha value is -2.40. The van der Waals surface area contributed by atoms with E-state index in [9.17, 15) is 4.79 Å². The Labute approximate surface area is 140 Å². The number of carbonyl (C=O) groups is 1. The normalized spacial score (nSPS) is 10.0. The van der Waals surface area contributed by atoms with Crippen LogP contribution >= 0.6 is 11.6 Å². The van der Waals surface area contributed by atoms with E-state index in [0.717, 1.165) is 11.3 Å². The fourth-order valence-electron chi connectivity index (χ4n) is 1.83. The van der Waals surface area contributed by atoms with Crippen LogP contribution in [0, 0.1) is 0 Å². The third-order valence-corrected chi connectivity index (χ3v) is 3.22. The molecule has 0 aromatic heterocycles. The van der Waals surface area contributed by atoms with Gasteiger partial charge in [-0.25, -0.2) is 4.79 Å². The van der Waals surface area contributed by atoms with Gasteiger partial charge in [0.1, 0.15) is 11.5 Å². The minimum Gasteiger partial charge on any atom is -0.494 e. The van der Waals surface area contributed by atoms with E-state index in [4.69, 9.17) is 21.1 Å². The molecule has 0 saturated heterocycles. The number of nitrogens with one attached hydrogen (secondary N) is 2. The summed E-state index contributed by atoms with van der Waals surface area (Å²) in [6, 6.07) is 14.2. The fraction of sp³-hybridized carbons (Fsp3) is 0.235. The Morgan fingerprint density at radius 3 is 2.17 bits per heavy atom. The van der Waals surface area contributed by atoms with Gasteiger partial charge in [0.05, 0.1) is 6.61 Å². The van der Waals surface area contributed by atoms with E-state index in [1.54, 1.807) is 24.3 Å². The van der Waals surface area contributed by atoms with E-state index in [0.29, 0.717) is 23.9 Å². The number of ether oxygens (including phenoxy) is 2. The first-order valence-corrected chi connectivity index (χ1v) is 7.67. The number of hydrogen-bond donors (Lipinski definition) is 2. The van der Waals surface area contributed by atoms with Gasteiger partial charge in [0.25, 0.3) is 0 Å². The Kier molecular flexibility index (Phi) is 6.56. The maximum atomic E-state index is 11.7. The van der Waals surface area contributed by atoms with Crippen molar-refractivity contribution in [3.63, 3.8) is 0 Å². The molecule has 0 radical (unpaired) electrons. The molecule has 0 aliphatic rings. The average Bonchev–Trinajstić information content (AvgIpc) is 2.56. The first-order valence-electron chi connectivity index (χ1n) is 7.29. The van der Waals surface area contributed by atoms with Crippen molar-refractivity contribution in [3.8, 4) is 11.5 Å². The van der Waals surface area contributed by atoms with Gasteiger partial charge in [-0.2, -0.15) is 0 Å². The van der Waals surface area contributed by atoms with E-state index in [2.05, 4.69) is 10.6 Å². The Bertz CT molecular complexity index is 615. The maximum Gasteiger partial charge on any atom is 0.317 e. The van der Waals surface area contributed by atoms with Gasteiger partial charge in [0, 0.05) is 11.6 Å². The van der Waals surface area contributed by atoms with Crippen molar-refractivity contribution in [2.45, 2.75) is 13.5 Å². The van der Waals surface area contributed by atoms with Crippen LogP contribution in [0.3, 0.4) is 0 Å². The number of amides is 2. The van der Waals surface area contributed by atoms with Gasteiger partial charge < -0.3 is 20.1 Å². The van der Waals surface area contributed by atoms with Crippen molar-refractivity contribution in [3.05, 3.63) is 59.1 Å². The Balaban J connectivity index is 1.67. The second-order valence-electron chi connectivity index (χ2n) is 4.68. The highest BCUT2D eigenvalue weighted by Crippen LogP contribution is 2.17. The number of urea groups is 1. The van der Waals surface area contributed by atoms with E-state index in [1.807, 2.05) is 31.2 Å². The predicted octanol–water partition coefficient (Wildman–Crippen LogP) is 3.57. The number of hydrogen-bond acceptors (Lipinski definition) is 3. The van der Waals surface area contributed by atoms with Crippen LogP contribution < -0.4 is 20.1 Å². The topological polar surface area (TPSA) is 59.6 Å². The summed E-state index contributed by atoms with van der Waals surface area (Å²) < 4.78 is 10.8. The second-order valence-corrected chi connectivity index (χ2v) is 5.12. The molecule has 0 saturated carbocycles. The Morgan fingerprint density at radius 1 is 0.957 bits per heavy atom. The van der Waals surface area contributed by atoms with Crippen LogP contribution in [-0.2, 0) is 6.54 Å². The van der Waals surface area contributed by atoms with Crippen LogP contribution in [-0.4, -0.2) is 19.4 Å². The predicted molar refractivity (Wildman–Crippen MR) is 89.9 cm³/mol. The molecule has 0 aliphatic heterocycles. The molecule has 0 aliphatic carbocycles. The van der Waals surface area contributed by atoms with Crippen LogP contribution in [0.4, 0.5) is 4.79 Å². The summed E-state index contributed by atoms with van der Waals surface area (Å²) in [5.74, 6) is 1.44. The van der Waals surface area contributed by atoms with Gasteiger partial charge in [-0.05, 0) is 48.9 Å². The maximum absolute atomic E-state index is 11.7. The highest BCUT2D eigenvalue weighted by Gasteiger charge is 2.01. The van der Waals surface area contributed by atoms with Crippen molar-refractivity contribution < 1.29 is 14.3 Å². The number of halogens is 1. The molecule has 2 aromatic rings. The summed E-state index contributed by atoms with van der Waals surface area (Å²) >= 11 is 5.80. The largest absolute Gasteiger partial charge is 0.494 e. The SMILES string of the molecule is CCOc1ccc(OCNC(=O)NCc2ccc(Cl)cc2)cc1. The van der Waals surface area contributed by atoms with Crippen molar-refractivity contribution in [2.75, 3.05) is 13.3 Å². The van der Waals surface area contributed by atoms with Gasteiger partial charge >= 0.3 is 6.03 Å². The second kappa shape index (κ2) is 8.90. The first kappa shape index (κ1) is 17.0. The number of rotatable bonds is 7. The zero-order valence-corrected chi connectivity index (χ0v) is 13.6. The molecule has 5 nitrogen and oxygen atoms in total. The molecule has 122 valence electrons. The first-order chi connectivity index (χ1) is 11.2. The third-order valence-electron chi connectivity index (χ3n) is 2.97. The van der Waals surface area contributed by atoms with Crippen LogP contribution in [0.25, 0.3) is 0 Å². The lowest BCUT2D eigenvalue weighted by molar-refractivity contribution is 0.223. The molecule has 0 fully saturated rings. The molecule has 0 unspecified atom stereocenters. The Morgan fingerprint density at radius 2 is 1.57 bits per heavy atom. The third kappa shape index (κ3) is 6.08. The molecule has 2 amide bonds. The van der Waals surface area contributed by atoms with E-state index in [1.165, 1.54) is 0 Å². The lowest BCUT2D eigenvalue weighted by Crippen LogP contribution is -2.37. The van der Waals surface area contributed by atoms with Crippen LogP contribution in [0.15, 0.2) is 48.5 Å². The fourth-order valence-corrected chi connectivity index (χ4v) is 1.96. The molecule has 0 atom stereocenters. The van der Waals surface area contributed by atoms with Crippen LogP contribution in [0.5, 0.6) is 11.5 Å². The lowest BCUT2D eigenvalue weighted by Gasteiger charge is -2.10. The molecular weight excluding hydrogens is 316 g/mol. The van der Waals surface area contributed by atoms with Gasteiger partial charge in [-0.3, -0.25) is 0 Å². The molecular formula is C17H19ClN2O3. The van der Waals surface area contributed by atoms with Crippen molar-refractivity contribution in [1.82, 2.24) is 10.6 Å². The van der Waals surface area contributed by atoms with Crippen LogP contribution in [0.2, 0.25) is 5.02 Å². The summed E-state index contributed by atoms with van der Waals surface area (Å²) in [4.78, 5) is 11.7. The van der Waals surface area contributed by atoms with Gasteiger partial charge in [-0.1, -0.05) is 23.7 Å². The summed E-state index contributed by atoms with van der Waals surface area (Å²) in [5.41, 5.74) is 0.969. The lowest BCUT2D eigenvalue weighted by atomic mass is 10.2. The summed E-state index contributed by atoms with van der Waals surface area (Å²) in [6.07, 6.45) is 0. The van der Waals surface area contributed by atoms with Crippen LogP contribution in [0.1, 0.15) is 12.5 Å². The quantitative estimate of drug-likeness (QED) is 0.761. The van der Waals surface area contributed by atoms with E-state index < -0.39 is 0 Å². The number of carbonyl (C=O) groups excluding carboxylic acids is 1. The molecule has 0 heterocycles. The van der Waals surface area contributed by atoms with Crippen molar-refractivity contribution >= 4 is 17.6 Å². The van der Waals surface area contributed by atoms with Gasteiger partial charge in [-0.15, -0.1) is 0 Å². The minimum atomic E-state index is -0.300. The highest BCUT2D eigenvalue weighted by atomic mass is 35.5. The molecule has 0 bridgehead atoms. The monoisotopic (exact) mass is 334 g/mol. The van der Waals surface area contributed by atoms with Gasteiger partial charge in [0.15, 0.2) is 6.73 Å².